The van der Waals surface area contributed by atoms with Gasteiger partial charge in [0, 0.05) is 12.1 Å². The fourth-order valence-corrected chi connectivity index (χ4v) is 4.99. The summed E-state index contributed by atoms with van der Waals surface area (Å²) in [6.07, 6.45) is 0.593. The van der Waals surface area contributed by atoms with E-state index in [1.165, 1.54) is 4.31 Å². The molecule has 0 saturated carbocycles. The van der Waals surface area contributed by atoms with Gasteiger partial charge < -0.3 is 14.8 Å². The van der Waals surface area contributed by atoms with Crippen LogP contribution in [0.2, 0.25) is 0 Å². The Morgan fingerprint density at radius 1 is 1.10 bits per heavy atom. The Bertz CT molecular complexity index is 1010. The largest absolute Gasteiger partial charge is 0.490 e. The van der Waals surface area contributed by atoms with Crippen molar-refractivity contribution in [2.45, 2.75) is 33.2 Å². The number of sulfonamides is 1. The second-order valence-corrected chi connectivity index (χ2v) is 9.07. The number of nitrogens with zero attached hydrogens (tertiary/aromatic N) is 1. The van der Waals surface area contributed by atoms with Crippen LogP contribution in [0.3, 0.4) is 0 Å². The topological polar surface area (TPSA) is 84.9 Å². The van der Waals surface area contributed by atoms with Gasteiger partial charge in [-0.3, -0.25) is 9.10 Å². The number of nitrogens with one attached hydrogen (secondary N) is 1. The Morgan fingerprint density at radius 3 is 2.50 bits per heavy atom. The van der Waals surface area contributed by atoms with Crippen molar-refractivity contribution in [3.05, 3.63) is 53.6 Å². The van der Waals surface area contributed by atoms with Crippen LogP contribution >= 0.6 is 0 Å². The first-order valence-electron chi connectivity index (χ1n) is 10.2. The minimum absolute atomic E-state index is 0.139. The maximum Gasteiger partial charge on any atom is 0.251 e. The van der Waals surface area contributed by atoms with E-state index >= 15 is 0 Å². The molecule has 162 valence electrons. The molecule has 1 saturated heterocycles. The summed E-state index contributed by atoms with van der Waals surface area (Å²) in [5.74, 6) is 1.17. The Hall–Kier alpha value is -2.74. The zero-order valence-electron chi connectivity index (χ0n) is 17.6. The molecule has 7 nitrogen and oxygen atoms in total. The third kappa shape index (κ3) is 4.87. The lowest BCUT2D eigenvalue weighted by molar-refractivity contribution is 0.0940. The van der Waals surface area contributed by atoms with Crippen LogP contribution < -0.4 is 19.1 Å². The van der Waals surface area contributed by atoms with E-state index in [4.69, 9.17) is 9.47 Å². The van der Waals surface area contributed by atoms with E-state index in [0.29, 0.717) is 48.9 Å². The van der Waals surface area contributed by atoms with Crippen molar-refractivity contribution in [2.75, 3.05) is 29.8 Å². The molecule has 1 amide bonds. The molecular formula is C22H28N2O5S. The van der Waals surface area contributed by atoms with Gasteiger partial charge in [-0.25, -0.2) is 8.42 Å². The average molecular weight is 433 g/mol. The van der Waals surface area contributed by atoms with Gasteiger partial charge in [0.25, 0.3) is 5.91 Å². The normalized spacial score (nSPS) is 16.2. The van der Waals surface area contributed by atoms with E-state index in [1.54, 1.807) is 24.3 Å². The molecule has 0 bridgehead atoms. The van der Waals surface area contributed by atoms with Crippen molar-refractivity contribution in [3.63, 3.8) is 0 Å². The summed E-state index contributed by atoms with van der Waals surface area (Å²) < 4.78 is 37.0. The maximum atomic E-state index is 12.8. The van der Waals surface area contributed by atoms with Crippen LogP contribution in [0, 0.1) is 0 Å². The third-order valence-corrected chi connectivity index (χ3v) is 6.78. The standard InChI is InChI=1S/C22H28N2O5S/c1-4-28-20-11-10-17(15-21(20)29-5-2)16(3)23-22(25)18-8-6-9-19(14-18)24-12-7-13-30(24,26)27/h6,8-11,14-16H,4-5,7,12-13H2,1-3H3,(H,23,25). The van der Waals surface area contributed by atoms with Crippen molar-refractivity contribution >= 4 is 21.6 Å². The molecule has 0 aliphatic carbocycles. The van der Waals surface area contributed by atoms with Crippen molar-refractivity contribution in [3.8, 4) is 11.5 Å². The summed E-state index contributed by atoms with van der Waals surface area (Å²) in [6, 6.07) is 12.0. The number of hydrogen-bond donors (Lipinski definition) is 1. The highest BCUT2D eigenvalue weighted by Gasteiger charge is 2.28. The van der Waals surface area contributed by atoms with Crippen LogP contribution in [-0.2, 0) is 10.0 Å². The number of rotatable bonds is 8. The smallest absolute Gasteiger partial charge is 0.251 e. The lowest BCUT2D eigenvalue weighted by atomic mass is 10.1. The minimum atomic E-state index is -3.29. The summed E-state index contributed by atoms with van der Waals surface area (Å²) >= 11 is 0. The van der Waals surface area contributed by atoms with Gasteiger partial charge in [-0.05, 0) is 63.1 Å². The van der Waals surface area contributed by atoms with Gasteiger partial charge in [-0.1, -0.05) is 12.1 Å². The Morgan fingerprint density at radius 2 is 1.83 bits per heavy atom. The first kappa shape index (κ1) is 22.0. The first-order valence-corrected chi connectivity index (χ1v) is 11.8. The van der Waals surface area contributed by atoms with Crippen molar-refractivity contribution in [1.82, 2.24) is 5.32 Å². The number of carbonyl (C=O) groups is 1. The monoisotopic (exact) mass is 432 g/mol. The summed E-state index contributed by atoms with van der Waals surface area (Å²) in [5.41, 5.74) is 1.82. The second kappa shape index (κ2) is 9.38. The summed E-state index contributed by atoms with van der Waals surface area (Å²) in [7, 11) is -3.29. The predicted molar refractivity (Wildman–Crippen MR) is 117 cm³/mol. The minimum Gasteiger partial charge on any atom is -0.490 e. The molecule has 3 rings (SSSR count). The van der Waals surface area contributed by atoms with E-state index in [1.807, 2.05) is 39.0 Å². The number of benzene rings is 2. The lowest BCUT2D eigenvalue weighted by Crippen LogP contribution is -2.28. The lowest BCUT2D eigenvalue weighted by Gasteiger charge is -2.19. The fourth-order valence-electron chi connectivity index (χ4n) is 3.43. The van der Waals surface area contributed by atoms with Crippen LogP contribution in [0.1, 0.15) is 49.2 Å². The highest BCUT2D eigenvalue weighted by Crippen LogP contribution is 2.31. The molecule has 0 spiro atoms. The molecule has 2 aromatic rings. The number of hydrogen-bond acceptors (Lipinski definition) is 5. The molecule has 0 aromatic heterocycles. The second-order valence-electron chi connectivity index (χ2n) is 7.06. The SMILES string of the molecule is CCOc1ccc(C(C)NC(=O)c2cccc(N3CCCS3(=O)=O)c2)cc1OCC. The summed E-state index contributed by atoms with van der Waals surface area (Å²) in [5, 5.41) is 2.97. The van der Waals surface area contributed by atoms with Gasteiger partial charge in [0.1, 0.15) is 0 Å². The molecule has 0 radical (unpaired) electrons. The van der Waals surface area contributed by atoms with Gasteiger partial charge in [-0.15, -0.1) is 0 Å². The Labute approximate surface area is 178 Å². The molecule has 1 atom stereocenters. The summed E-state index contributed by atoms with van der Waals surface area (Å²) in [4.78, 5) is 12.8. The third-order valence-electron chi connectivity index (χ3n) is 4.91. The average Bonchev–Trinajstić information content (AvgIpc) is 3.08. The predicted octanol–water partition coefficient (Wildman–Crippen LogP) is 3.51. The van der Waals surface area contributed by atoms with Gasteiger partial charge in [-0.2, -0.15) is 0 Å². The molecule has 1 unspecified atom stereocenters. The molecule has 8 heteroatoms. The number of carbonyl (C=O) groups excluding carboxylic acids is 1. The zero-order chi connectivity index (χ0) is 21.7. The van der Waals surface area contributed by atoms with E-state index in [2.05, 4.69) is 5.32 Å². The maximum absolute atomic E-state index is 12.8. The fraction of sp³-hybridized carbons (Fsp3) is 0.409. The molecule has 1 heterocycles. The molecule has 30 heavy (non-hydrogen) atoms. The van der Waals surface area contributed by atoms with Crippen LogP contribution in [0.5, 0.6) is 11.5 Å². The van der Waals surface area contributed by atoms with E-state index in [0.717, 1.165) is 5.56 Å². The van der Waals surface area contributed by atoms with E-state index < -0.39 is 10.0 Å². The van der Waals surface area contributed by atoms with Crippen LogP contribution in [0.15, 0.2) is 42.5 Å². The van der Waals surface area contributed by atoms with Crippen LogP contribution in [0.4, 0.5) is 5.69 Å². The molecule has 1 aliphatic rings. The van der Waals surface area contributed by atoms with Crippen molar-refractivity contribution < 1.29 is 22.7 Å². The zero-order valence-corrected chi connectivity index (χ0v) is 18.4. The molecule has 1 N–H and O–H groups in total. The van der Waals surface area contributed by atoms with E-state index in [-0.39, 0.29) is 17.7 Å². The number of amides is 1. The van der Waals surface area contributed by atoms with Gasteiger partial charge in [0.2, 0.25) is 10.0 Å². The Balaban J connectivity index is 1.76. The highest BCUT2D eigenvalue weighted by molar-refractivity contribution is 7.93. The van der Waals surface area contributed by atoms with Crippen molar-refractivity contribution in [2.24, 2.45) is 0 Å². The number of anilines is 1. The first-order chi connectivity index (χ1) is 14.4. The summed E-state index contributed by atoms with van der Waals surface area (Å²) in [6.45, 7) is 7.19. The van der Waals surface area contributed by atoms with E-state index in [9.17, 15) is 13.2 Å². The molecular weight excluding hydrogens is 404 g/mol. The molecule has 2 aromatic carbocycles. The van der Waals surface area contributed by atoms with Gasteiger partial charge >= 0.3 is 0 Å². The highest BCUT2D eigenvalue weighted by atomic mass is 32.2. The quantitative estimate of drug-likeness (QED) is 0.690. The Kier molecular flexibility index (Phi) is 6.87. The molecule has 1 aliphatic heterocycles. The van der Waals surface area contributed by atoms with Gasteiger partial charge in [0.05, 0.1) is 30.7 Å². The van der Waals surface area contributed by atoms with Crippen LogP contribution in [-0.4, -0.2) is 39.8 Å². The van der Waals surface area contributed by atoms with Crippen LogP contribution in [0.25, 0.3) is 0 Å². The molecule has 1 fully saturated rings. The number of ether oxygens (including phenoxy) is 2. The van der Waals surface area contributed by atoms with Crippen molar-refractivity contribution in [1.29, 1.82) is 0 Å². The van der Waals surface area contributed by atoms with Gasteiger partial charge in [0.15, 0.2) is 11.5 Å².